The SMILES string of the molecule is CCCNC(COCCOC)Cc1c(Br)c(C)nn1CC. The molecule has 1 aromatic heterocycles. The largest absolute Gasteiger partial charge is 0.382 e. The van der Waals surface area contributed by atoms with Crippen LogP contribution >= 0.6 is 15.9 Å². The minimum Gasteiger partial charge on any atom is -0.382 e. The third-order valence-corrected chi connectivity index (χ3v) is 4.36. The Bertz CT molecular complexity index is 410. The maximum atomic E-state index is 5.69. The quantitative estimate of drug-likeness (QED) is 0.615. The summed E-state index contributed by atoms with van der Waals surface area (Å²) in [7, 11) is 1.69. The summed E-state index contributed by atoms with van der Waals surface area (Å²) in [6, 6.07) is 0.291. The summed E-state index contributed by atoms with van der Waals surface area (Å²) in [4.78, 5) is 0. The topological polar surface area (TPSA) is 48.3 Å². The average molecular weight is 362 g/mol. The van der Waals surface area contributed by atoms with Crippen molar-refractivity contribution in [1.82, 2.24) is 15.1 Å². The van der Waals surface area contributed by atoms with Gasteiger partial charge in [-0.3, -0.25) is 4.68 Å². The van der Waals surface area contributed by atoms with E-state index in [0.29, 0.717) is 25.9 Å². The molecule has 0 saturated carbocycles. The maximum absolute atomic E-state index is 5.69. The number of methoxy groups -OCH3 is 1. The lowest BCUT2D eigenvalue weighted by Crippen LogP contribution is -2.37. The summed E-state index contributed by atoms with van der Waals surface area (Å²) in [5, 5.41) is 8.11. The van der Waals surface area contributed by atoms with E-state index in [1.54, 1.807) is 7.11 Å². The standard InChI is InChI=1S/C15H28BrN3O2/c1-5-7-17-13(11-21-9-8-20-4)10-14-15(16)12(3)18-19(14)6-2/h13,17H,5-11H2,1-4H3. The molecule has 0 saturated heterocycles. The van der Waals surface area contributed by atoms with Gasteiger partial charge in [-0.25, -0.2) is 0 Å². The van der Waals surface area contributed by atoms with Crippen LogP contribution in [0, 0.1) is 6.92 Å². The van der Waals surface area contributed by atoms with Crippen LogP contribution < -0.4 is 5.32 Å². The van der Waals surface area contributed by atoms with Gasteiger partial charge in [0.2, 0.25) is 0 Å². The second-order valence-corrected chi connectivity index (χ2v) is 5.88. The zero-order valence-corrected chi connectivity index (χ0v) is 15.2. The monoisotopic (exact) mass is 361 g/mol. The number of ether oxygens (including phenoxy) is 2. The van der Waals surface area contributed by atoms with Crippen LogP contribution in [0.25, 0.3) is 0 Å². The van der Waals surface area contributed by atoms with E-state index in [4.69, 9.17) is 9.47 Å². The Hall–Kier alpha value is -0.430. The molecule has 6 heteroatoms. The molecule has 1 heterocycles. The first kappa shape index (κ1) is 18.6. The molecule has 0 aliphatic heterocycles. The summed E-state index contributed by atoms with van der Waals surface area (Å²) < 4.78 is 13.9. The molecular formula is C15H28BrN3O2. The van der Waals surface area contributed by atoms with Crippen LogP contribution in [0.1, 0.15) is 31.7 Å². The molecule has 0 aliphatic carbocycles. The van der Waals surface area contributed by atoms with E-state index in [0.717, 1.165) is 36.1 Å². The maximum Gasteiger partial charge on any atom is 0.0738 e. The Labute approximate surface area is 136 Å². The van der Waals surface area contributed by atoms with Crippen molar-refractivity contribution in [3.63, 3.8) is 0 Å². The highest BCUT2D eigenvalue weighted by Gasteiger charge is 2.17. The summed E-state index contributed by atoms with van der Waals surface area (Å²) in [5.41, 5.74) is 2.28. The molecule has 0 fully saturated rings. The van der Waals surface area contributed by atoms with Gasteiger partial charge in [-0.2, -0.15) is 5.10 Å². The fourth-order valence-corrected chi connectivity index (χ4v) is 2.65. The van der Waals surface area contributed by atoms with E-state index < -0.39 is 0 Å². The molecule has 0 bridgehead atoms. The van der Waals surface area contributed by atoms with E-state index in [1.165, 1.54) is 5.69 Å². The molecule has 0 spiro atoms. The predicted molar refractivity (Wildman–Crippen MR) is 88.8 cm³/mol. The minimum atomic E-state index is 0.291. The van der Waals surface area contributed by atoms with Crippen molar-refractivity contribution >= 4 is 15.9 Å². The number of aromatic nitrogens is 2. The van der Waals surface area contributed by atoms with Gasteiger partial charge in [-0.1, -0.05) is 6.92 Å². The first-order chi connectivity index (χ1) is 10.1. The highest BCUT2D eigenvalue weighted by molar-refractivity contribution is 9.10. The smallest absolute Gasteiger partial charge is 0.0738 e. The Kier molecular flexibility index (Phi) is 9.15. The van der Waals surface area contributed by atoms with Crippen molar-refractivity contribution in [2.24, 2.45) is 0 Å². The van der Waals surface area contributed by atoms with E-state index in [2.05, 4.69) is 44.9 Å². The van der Waals surface area contributed by atoms with Gasteiger partial charge in [0.05, 0.1) is 35.7 Å². The third-order valence-electron chi connectivity index (χ3n) is 3.33. The van der Waals surface area contributed by atoms with E-state index in [1.807, 2.05) is 6.92 Å². The number of nitrogens with zero attached hydrogens (tertiary/aromatic N) is 2. The summed E-state index contributed by atoms with van der Waals surface area (Å²) in [6.07, 6.45) is 2.02. The molecule has 122 valence electrons. The Balaban J connectivity index is 2.66. The van der Waals surface area contributed by atoms with Gasteiger partial charge in [0, 0.05) is 26.1 Å². The molecule has 21 heavy (non-hydrogen) atoms. The number of rotatable bonds is 11. The van der Waals surface area contributed by atoms with Gasteiger partial charge in [-0.15, -0.1) is 0 Å². The molecule has 0 amide bonds. The molecule has 0 aliphatic rings. The van der Waals surface area contributed by atoms with Crippen LogP contribution in [0.2, 0.25) is 0 Å². The lowest BCUT2D eigenvalue weighted by atomic mass is 10.1. The lowest BCUT2D eigenvalue weighted by Gasteiger charge is -2.19. The minimum absolute atomic E-state index is 0.291. The zero-order chi connectivity index (χ0) is 15.7. The summed E-state index contributed by atoms with van der Waals surface area (Å²) in [6.45, 7) is 10.2. The molecule has 0 radical (unpaired) electrons. The number of halogens is 1. The van der Waals surface area contributed by atoms with Gasteiger partial charge in [0.15, 0.2) is 0 Å². The number of hydrogen-bond donors (Lipinski definition) is 1. The van der Waals surface area contributed by atoms with Gasteiger partial charge < -0.3 is 14.8 Å². The summed E-state index contributed by atoms with van der Waals surface area (Å²) >= 11 is 3.66. The molecule has 1 unspecified atom stereocenters. The second kappa shape index (κ2) is 10.3. The van der Waals surface area contributed by atoms with Crippen molar-refractivity contribution in [2.75, 3.05) is 33.5 Å². The first-order valence-corrected chi connectivity index (χ1v) is 8.45. The average Bonchev–Trinajstić information content (AvgIpc) is 2.76. The van der Waals surface area contributed by atoms with Crippen LogP contribution in [-0.4, -0.2) is 49.3 Å². The first-order valence-electron chi connectivity index (χ1n) is 7.65. The van der Waals surface area contributed by atoms with Crippen molar-refractivity contribution < 1.29 is 9.47 Å². The van der Waals surface area contributed by atoms with Crippen molar-refractivity contribution in [3.8, 4) is 0 Å². The fourth-order valence-electron chi connectivity index (χ4n) is 2.20. The third kappa shape index (κ3) is 6.06. The van der Waals surface area contributed by atoms with Gasteiger partial charge in [0.1, 0.15) is 0 Å². The van der Waals surface area contributed by atoms with Crippen LogP contribution in [-0.2, 0) is 22.4 Å². The van der Waals surface area contributed by atoms with E-state index in [-0.39, 0.29) is 0 Å². The van der Waals surface area contributed by atoms with Crippen LogP contribution in [0.5, 0.6) is 0 Å². The van der Waals surface area contributed by atoms with Gasteiger partial charge in [0.25, 0.3) is 0 Å². The van der Waals surface area contributed by atoms with Crippen LogP contribution in [0.15, 0.2) is 4.47 Å². The van der Waals surface area contributed by atoms with Crippen molar-refractivity contribution in [1.29, 1.82) is 0 Å². The molecule has 1 aromatic rings. The second-order valence-electron chi connectivity index (χ2n) is 5.08. The normalized spacial score (nSPS) is 12.8. The van der Waals surface area contributed by atoms with Crippen molar-refractivity contribution in [2.45, 2.75) is 46.2 Å². The molecule has 1 N–H and O–H groups in total. The van der Waals surface area contributed by atoms with E-state index >= 15 is 0 Å². The Morgan fingerprint density at radius 3 is 2.71 bits per heavy atom. The van der Waals surface area contributed by atoms with Gasteiger partial charge >= 0.3 is 0 Å². The van der Waals surface area contributed by atoms with Crippen LogP contribution in [0.3, 0.4) is 0 Å². The number of aryl methyl sites for hydroxylation is 2. The Morgan fingerprint density at radius 2 is 2.10 bits per heavy atom. The molecule has 1 rings (SSSR count). The molecular weight excluding hydrogens is 334 g/mol. The fraction of sp³-hybridized carbons (Fsp3) is 0.800. The molecule has 5 nitrogen and oxygen atoms in total. The number of hydrogen-bond acceptors (Lipinski definition) is 4. The summed E-state index contributed by atoms with van der Waals surface area (Å²) in [5.74, 6) is 0. The van der Waals surface area contributed by atoms with Gasteiger partial charge in [-0.05, 0) is 42.7 Å². The lowest BCUT2D eigenvalue weighted by molar-refractivity contribution is 0.0584. The molecule has 0 aromatic carbocycles. The van der Waals surface area contributed by atoms with Crippen LogP contribution in [0.4, 0.5) is 0 Å². The zero-order valence-electron chi connectivity index (χ0n) is 13.6. The highest BCUT2D eigenvalue weighted by Crippen LogP contribution is 2.22. The number of nitrogens with one attached hydrogen (secondary N) is 1. The molecule has 1 atom stereocenters. The van der Waals surface area contributed by atoms with Crippen molar-refractivity contribution in [3.05, 3.63) is 15.9 Å². The van der Waals surface area contributed by atoms with E-state index in [9.17, 15) is 0 Å². The highest BCUT2D eigenvalue weighted by atomic mass is 79.9. The predicted octanol–water partition coefficient (Wildman–Crippen LogP) is 2.55. The Morgan fingerprint density at radius 1 is 1.33 bits per heavy atom.